The van der Waals surface area contributed by atoms with Crippen molar-refractivity contribution in [3.8, 4) is 0 Å². The second-order valence-electron chi connectivity index (χ2n) is 18.9. The molecule has 102 heavy (non-hydrogen) atoms. The Morgan fingerprint density at radius 3 is 1.10 bits per heavy atom. The predicted molar refractivity (Wildman–Crippen MR) is 268 cm³/mol. The maximum atomic E-state index is 11.9. The van der Waals surface area contributed by atoms with Crippen molar-refractivity contribution in [3.05, 3.63) is 0 Å². The Bertz CT molecular complexity index is 3500. The van der Waals surface area contributed by atoms with E-state index in [4.69, 9.17) is 47.4 Å². The van der Waals surface area contributed by atoms with Crippen LogP contribution < -0.4 is 301 Å². The van der Waals surface area contributed by atoms with E-state index in [9.17, 15) is 127 Å². The van der Waals surface area contributed by atoms with E-state index in [1.807, 2.05) is 0 Å². The molecule has 2 N–H and O–H groups in total. The molecule has 0 aromatic heterocycles. The van der Waals surface area contributed by atoms with Gasteiger partial charge in [0, 0.05) is 51.6 Å². The molecule has 48 nitrogen and oxygen atoms in total. The van der Waals surface area contributed by atoms with Crippen LogP contribution >= 0.6 is 0 Å². The molecule has 18 atom stereocenters. The van der Waals surface area contributed by atoms with Gasteiger partial charge in [-0.1, -0.05) is 0 Å². The summed E-state index contributed by atoms with van der Waals surface area (Å²) in [5, 5.41) is 11.9. The third-order valence-electron chi connectivity index (χ3n) is 12.4. The standard InChI is InChI=1S/C18H33NO26S5.C17H32O21S4.10Na.H/c1-37-3-9-15(44-49(31,32)33)17(45-50(34,35)36)12(42-16(9)18(20)21)6-39-4-8-10(7-40-47(25,26)27)41-11(5-38-2)13(19-46(22,23)24)14(8)43-48(28,29)30;1-3-31-8-12-16(37-41(24,25)26)15(36-40(21,22)23)11(7-34-12)5-32-9-13-17(38-42(27,28)29)14(35-39(18,19)20)10(4-30-2)6-33-13;;;;;;;;;;;/h8-17H,3-7H2,1-2H3,(H,20,21)(H,25,26,27)(H,28,29,30)(H,31,32,33)(H,34,35,36)(H2,19,22,23,24);10-17H,3-9H2,1-2H3,(H,18,19,20)(H,21,22,23)(H,24,25,26)(H,27,28,29);;;;;;;;;;;/q;;10*+1;-1/p-9/t8-,9+,10?,11-,12-,13?,14?,15?,16?,17?;10-,11-,12+,13+,14?,15?,16?,17?;;;;;;;;;;;/m11.........../s1. The molecule has 0 aromatic carbocycles. The molecule has 0 radical (unpaired) electrons. The van der Waals surface area contributed by atoms with Crippen LogP contribution in [0.15, 0.2) is 4.36 Å². The molecule has 10 unspecified atom stereocenters. The Labute approximate surface area is 811 Å². The number of nitrogens with zero attached hydrogens (tertiary/aromatic N) is 1. The van der Waals surface area contributed by atoms with E-state index in [2.05, 4.69) is 37.8 Å². The zero-order chi connectivity index (χ0) is 70.4. The summed E-state index contributed by atoms with van der Waals surface area (Å²) in [7, 11) is -47.2. The molecule has 4 saturated heterocycles. The second kappa shape index (κ2) is 56.4. The average Bonchev–Trinajstić information content (AvgIpc) is 0.791. The molecule has 4 aliphatic heterocycles. The number of carboxylic acids is 1. The number of ether oxygens (including phenoxy) is 10. The fourth-order valence-electron chi connectivity index (χ4n) is 9.25. The van der Waals surface area contributed by atoms with Gasteiger partial charge in [-0.25, -0.2) is 67.3 Å². The van der Waals surface area contributed by atoms with Gasteiger partial charge in [0.05, 0.1) is 84.7 Å². The first-order chi connectivity index (χ1) is 41.9. The number of carboxylic acid groups (broad SMARTS) is 1. The minimum atomic E-state index is -5.87. The first kappa shape index (κ1) is 126. The molecule has 0 amide bonds. The van der Waals surface area contributed by atoms with Gasteiger partial charge < -0.3 is 95.1 Å². The first-order valence-electron chi connectivity index (χ1n) is 24.6. The van der Waals surface area contributed by atoms with E-state index in [-0.39, 0.29) is 310 Å². The van der Waals surface area contributed by atoms with Crippen molar-refractivity contribution in [3.63, 3.8) is 0 Å². The number of carbonyl (C=O) groups is 1. The Balaban J connectivity index is -0.000000224. The molecule has 548 valence electrons. The predicted octanol–water partition coefficient (Wildman–Crippen LogP) is -40.1. The van der Waals surface area contributed by atoms with Crippen LogP contribution in [0, 0.1) is 23.7 Å². The molecule has 0 bridgehead atoms. The van der Waals surface area contributed by atoms with Crippen LogP contribution in [0.4, 0.5) is 0 Å². The summed E-state index contributed by atoms with van der Waals surface area (Å²) in [5.74, 6) is -8.50. The Hall–Kier alpha value is 7.90. The van der Waals surface area contributed by atoms with Crippen molar-refractivity contribution in [1.29, 1.82) is 0 Å². The smallest absolute Gasteiger partial charge is 1.00 e. The summed E-state index contributed by atoms with van der Waals surface area (Å²) in [6.45, 7) is -6.70. The molecule has 0 aromatic rings. The Morgan fingerprint density at radius 2 is 0.735 bits per heavy atom. The zero-order valence-corrected chi connectivity index (χ0v) is 84.1. The topological polar surface area (TPSA) is 734 Å². The molecule has 0 saturated carbocycles. The van der Waals surface area contributed by atoms with Crippen LogP contribution in [0.2, 0.25) is 0 Å². The van der Waals surface area contributed by atoms with Crippen LogP contribution in [-0.2, 0) is 179 Å². The summed E-state index contributed by atoms with van der Waals surface area (Å²) in [4.78, 5) is 11.9. The summed E-state index contributed by atoms with van der Waals surface area (Å²) in [6, 6.07) is -2.17. The molecule has 4 aliphatic rings. The monoisotopic (exact) mass is 1760 g/mol. The van der Waals surface area contributed by atoms with Gasteiger partial charge in [0.1, 0.15) is 79.3 Å². The molecule has 4 rings (SSSR count). The number of aliphatic carboxylic acids is 1. The van der Waals surface area contributed by atoms with E-state index in [1.54, 1.807) is 6.92 Å². The second-order valence-corrected chi connectivity index (χ2v) is 28.1. The van der Waals surface area contributed by atoms with E-state index in [1.165, 1.54) is 7.11 Å². The van der Waals surface area contributed by atoms with Gasteiger partial charge in [-0.15, -0.1) is 0 Å². The zero-order valence-electron chi connectivity index (χ0n) is 57.8. The van der Waals surface area contributed by atoms with Gasteiger partial charge in [0.2, 0.25) is 83.2 Å². The fraction of sp³-hybridized carbons (Fsp3) is 0.971. The third-order valence-corrected chi connectivity index (χ3v) is 16.5. The van der Waals surface area contributed by atoms with Crippen LogP contribution in [0.1, 0.15) is 8.35 Å². The maximum absolute atomic E-state index is 11.9. The van der Waals surface area contributed by atoms with Gasteiger partial charge in [-0.2, -0.15) is 8.57 Å². The molecule has 4 heterocycles. The van der Waals surface area contributed by atoms with Crippen LogP contribution in [-0.4, -0.2) is 309 Å². The van der Waals surface area contributed by atoms with Crippen molar-refractivity contribution in [2.24, 2.45) is 28.0 Å². The van der Waals surface area contributed by atoms with Crippen molar-refractivity contribution >= 4 is 99.5 Å². The van der Waals surface area contributed by atoms with Gasteiger partial charge >= 0.3 is 296 Å². The van der Waals surface area contributed by atoms with Crippen molar-refractivity contribution in [1.82, 2.24) is 0 Å². The number of hydrogen-bond acceptors (Lipinski definition) is 46. The molecule has 0 aliphatic carbocycles. The van der Waals surface area contributed by atoms with E-state index in [0.717, 1.165) is 14.2 Å². The minimum absolute atomic E-state index is 0. The normalized spacial score (nSPS) is 28.6. The minimum Gasteiger partial charge on any atom is -1.00 e. The van der Waals surface area contributed by atoms with E-state index < -0.39 is 275 Å². The van der Waals surface area contributed by atoms with Gasteiger partial charge in [0.15, 0.2) is 0 Å². The average molecular weight is 1760 g/mol. The summed E-state index contributed by atoms with van der Waals surface area (Å²) < 4.78 is 394. The van der Waals surface area contributed by atoms with E-state index >= 15 is 0 Å². The van der Waals surface area contributed by atoms with Crippen LogP contribution in [0.3, 0.4) is 0 Å². The van der Waals surface area contributed by atoms with Crippen LogP contribution in [0.25, 0.3) is 0 Å². The van der Waals surface area contributed by atoms with Crippen LogP contribution in [0.5, 0.6) is 0 Å². The van der Waals surface area contributed by atoms with Crippen molar-refractivity contribution < 1.29 is 505 Å². The van der Waals surface area contributed by atoms with Crippen molar-refractivity contribution in [2.75, 3.05) is 101 Å². The summed E-state index contributed by atoms with van der Waals surface area (Å²) in [6.07, 6.45) is -26.6. The largest absolute Gasteiger partial charge is 1.00 e. The molecular weight excluding hydrogens is 1700 g/mol. The summed E-state index contributed by atoms with van der Waals surface area (Å²) >= 11 is 0. The quantitative estimate of drug-likeness (QED) is 0.0334. The van der Waals surface area contributed by atoms with Gasteiger partial charge in [0.25, 0.3) is 10.3 Å². The fourth-order valence-corrected chi connectivity index (χ4v) is 13.8. The van der Waals surface area contributed by atoms with Gasteiger partial charge in [-0.3, -0.25) is 42.6 Å². The van der Waals surface area contributed by atoms with Gasteiger partial charge in [-0.05, 0) is 6.92 Å². The number of methoxy groups -OCH3 is 3. The van der Waals surface area contributed by atoms with E-state index in [0.29, 0.717) is 0 Å². The number of carbonyl (C=O) groups excluding carboxylic acids is 1. The number of rotatable bonds is 36. The molecule has 0 spiro atoms. The Morgan fingerprint density at radius 1 is 0.392 bits per heavy atom. The van der Waals surface area contributed by atoms with Crippen molar-refractivity contribution in [2.45, 2.75) is 92.3 Å². The molecule has 67 heteroatoms. The number of hydrogen-bond donors (Lipinski definition) is 2. The first-order valence-corrected chi connectivity index (χ1v) is 36.7. The Kier molecular flexibility index (Phi) is 69.4. The maximum Gasteiger partial charge on any atom is 1.00 e. The third kappa shape index (κ3) is 50.1. The SMILES string of the molecule is CCOC[C@@H]1OC[C@@H](COC[C@@H]2OC[C@@H](COC)C(OS(=O)(=O)[O-])C2OS(=O)(=O)[O-])C(OS(=O)(=O)[O-])C1OS(=O)(=O)[O-].COC[C@@H]1C(C(=O)[O-])O[C@H](COC[C@@H]2C(COS(=O)(=O)[O-])O[C@H](COC)C(N=S(=O)(O)O)C2OS(=O)(=O)[O-])C(OS(=O)(=O)[O-])C1OS(=O)(=O)[O-].[H-].[Na+].[Na+].[Na+].[Na+].[Na+].[Na+].[Na+].[Na+].[Na+].[Na+]. The summed E-state index contributed by atoms with van der Waals surface area (Å²) in [5.41, 5.74) is 0. The molecular formula is C35H57NNa10O47S9. The molecule has 4 fully saturated rings.